The fourth-order valence-electron chi connectivity index (χ4n) is 3.53. The molecule has 1 nitrogen and oxygen atoms in total. The number of benzene rings is 2. The molecule has 1 heterocycles. The van der Waals surface area contributed by atoms with Crippen molar-refractivity contribution < 1.29 is 0 Å². The lowest BCUT2D eigenvalue weighted by molar-refractivity contribution is 0.605. The van der Waals surface area contributed by atoms with Crippen molar-refractivity contribution >= 4 is 53.7 Å². The topological polar surface area (TPSA) is 15.8 Å². The molecule has 134 valence electrons. The van der Waals surface area contributed by atoms with Crippen LogP contribution in [0, 0.1) is 0 Å². The van der Waals surface area contributed by atoms with E-state index in [0.29, 0.717) is 9.65 Å². The summed E-state index contributed by atoms with van der Waals surface area (Å²) in [5.74, 6) is 0. The molecule has 2 atom stereocenters. The first kappa shape index (κ1) is 19.0. The van der Waals surface area contributed by atoms with E-state index < -0.39 is 0 Å². The van der Waals surface area contributed by atoms with E-state index in [2.05, 4.69) is 86.2 Å². The number of unbranched alkanes of at least 4 members (excludes halogenated alkanes) is 1. The quantitative estimate of drug-likeness (QED) is 0.311. The van der Waals surface area contributed by atoms with E-state index in [1.807, 2.05) is 0 Å². The number of rotatable bonds is 9. The Hall–Kier alpha value is -0.800. The van der Waals surface area contributed by atoms with Crippen molar-refractivity contribution in [2.24, 2.45) is 0 Å². The first-order chi connectivity index (χ1) is 12.2. The number of halogens is 2. The molecule has 1 N–H and O–H groups in total. The average Bonchev–Trinajstić information content (AvgIpc) is 3.02. The number of para-hydroxylation sites is 2. The second-order valence-electron chi connectivity index (χ2n) is 6.96. The van der Waals surface area contributed by atoms with Crippen molar-refractivity contribution in [1.82, 2.24) is 4.98 Å². The minimum absolute atomic E-state index is 0.591. The Morgan fingerprint density at radius 1 is 0.840 bits per heavy atom. The van der Waals surface area contributed by atoms with Crippen molar-refractivity contribution in [3.63, 3.8) is 0 Å². The zero-order valence-electron chi connectivity index (χ0n) is 14.9. The predicted octanol–water partition coefficient (Wildman–Crippen LogP) is 7.75. The van der Waals surface area contributed by atoms with E-state index >= 15 is 0 Å². The minimum atomic E-state index is 0.591. The highest BCUT2D eigenvalue weighted by Gasteiger charge is 2.12. The fourth-order valence-corrected chi connectivity index (χ4v) is 4.61. The monoisotopic (exact) mass is 463 g/mol. The summed E-state index contributed by atoms with van der Waals surface area (Å²) in [6, 6.07) is 15.3. The molecule has 0 aliphatic rings. The van der Waals surface area contributed by atoms with Gasteiger partial charge in [-0.2, -0.15) is 0 Å². The van der Waals surface area contributed by atoms with Crippen LogP contribution in [0.1, 0.15) is 51.0 Å². The van der Waals surface area contributed by atoms with E-state index in [1.165, 1.54) is 65.9 Å². The summed E-state index contributed by atoms with van der Waals surface area (Å²) in [4.78, 5) is 4.88. The molecule has 2 unspecified atom stereocenters. The zero-order chi connectivity index (χ0) is 17.6. The molecule has 3 heteroatoms. The van der Waals surface area contributed by atoms with E-state index in [4.69, 9.17) is 0 Å². The maximum absolute atomic E-state index is 3.90. The number of H-pyrrole nitrogens is 1. The summed E-state index contributed by atoms with van der Waals surface area (Å²) in [5.41, 5.74) is 3.97. The Morgan fingerprint density at radius 2 is 1.56 bits per heavy atom. The van der Waals surface area contributed by atoms with Gasteiger partial charge in [-0.05, 0) is 43.7 Å². The van der Waals surface area contributed by atoms with Crippen LogP contribution in [0.3, 0.4) is 0 Å². The lowest BCUT2D eigenvalue weighted by Crippen LogP contribution is -2.05. The van der Waals surface area contributed by atoms with Gasteiger partial charge in [-0.25, -0.2) is 0 Å². The second-order valence-corrected chi connectivity index (χ2v) is 9.55. The molecular weight excluding hydrogens is 438 g/mol. The third-order valence-electron chi connectivity index (χ3n) is 5.02. The molecule has 0 spiro atoms. The molecule has 0 fully saturated rings. The Balaban J connectivity index is 1.61. The number of fused-ring (bicyclic) bond motifs is 3. The Labute approximate surface area is 167 Å². The second kappa shape index (κ2) is 9.23. The number of aromatic nitrogens is 1. The molecule has 0 saturated heterocycles. The van der Waals surface area contributed by atoms with Crippen LogP contribution in [-0.4, -0.2) is 14.6 Å². The van der Waals surface area contributed by atoms with Gasteiger partial charge in [0.1, 0.15) is 0 Å². The van der Waals surface area contributed by atoms with E-state index in [-0.39, 0.29) is 0 Å². The Morgan fingerprint density at radius 3 is 2.36 bits per heavy atom. The summed E-state index contributed by atoms with van der Waals surface area (Å²) >= 11 is 7.73. The molecule has 2 aromatic carbocycles. The van der Waals surface area contributed by atoms with Gasteiger partial charge in [0.2, 0.25) is 0 Å². The van der Waals surface area contributed by atoms with Crippen LogP contribution < -0.4 is 0 Å². The number of nitrogens with one attached hydrogen (secondary N) is 1. The molecule has 25 heavy (non-hydrogen) atoms. The Bertz CT molecular complexity index is 808. The van der Waals surface area contributed by atoms with Gasteiger partial charge in [-0.15, -0.1) is 0 Å². The first-order valence-electron chi connectivity index (χ1n) is 9.45. The first-order valence-corrected chi connectivity index (χ1v) is 11.3. The molecule has 3 rings (SSSR count). The van der Waals surface area contributed by atoms with Crippen LogP contribution in [0.5, 0.6) is 0 Å². The molecule has 0 radical (unpaired) electrons. The zero-order valence-corrected chi connectivity index (χ0v) is 18.1. The molecule has 0 saturated carbocycles. The van der Waals surface area contributed by atoms with Gasteiger partial charge >= 0.3 is 0 Å². The highest BCUT2D eigenvalue weighted by Crippen LogP contribution is 2.29. The molecule has 1 aromatic heterocycles. The van der Waals surface area contributed by atoms with Crippen molar-refractivity contribution in [2.75, 3.05) is 0 Å². The third kappa shape index (κ3) is 4.89. The number of aromatic amines is 1. The van der Waals surface area contributed by atoms with Crippen molar-refractivity contribution in [1.29, 1.82) is 0 Å². The maximum atomic E-state index is 3.90. The lowest BCUT2D eigenvalue weighted by Gasteiger charge is -2.13. The molecule has 0 aliphatic heterocycles. The van der Waals surface area contributed by atoms with E-state index in [0.717, 1.165) is 6.42 Å². The van der Waals surface area contributed by atoms with Gasteiger partial charge in [0.25, 0.3) is 0 Å². The van der Waals surface area contributed by atoms with Gasteiger partial charge in [0.15, 0.2) is 0 Å². The van der Waals surface area contributed by atoms with Crippen LogP contribution in [-0.2, 0) is 6.42 Å². The normalized spacial score (nSPS) is 14.2. The van der Waals surface area contributed by atoms with Gasteiger partial charge < -0.3 is 4.98 Å². The van der Waals surface area contributed by atoms with Crippen molar-refractivity contribution in [2.45, 2.75) is 61.5 Å². The smallest absolute Gasteiger partial charge is 0.0497 e. The summed E-state index contributed by atoms with van der Waals surface area (Å²) in [6.45, 7) is 2.26. The van der Waals surface area contributed by atoms with Gasteiger partial charge in [-0.1, -0.05) is 88.0 Å². The largest absolute Gasteiger partial charge is 0.354 e. The number of hydrogen-bond donors (Lipinski definition) is 1. The third-order valence-corrected chi connectivity index (χ3v) is 6.85. The van der Waals surface area contributed by atoms with Crippen molar-refractivity contribution in [3.05, 3.63) is 48.0 Å². The molecular formula is C22H27Br2N. The number of aryl methyl sites for hydroxylation is 1. The summed E-state index contributed by atoms with van der Waals surface area (Å²) in [6.07, 6.45) is 8.70. The standard InChI is InChI=1S/C22H27Br2N/c1-2-3-8-17(23)14-15-18(24)13-12-16-7-6-10-20-19-9-4-5-11-21(19)25-22(16)20/h4-7,9-11,17-18,25H,2-3,8,12-15H2,1H3. The van der Waals surface area contributed by atoms with Crippen LogP contribution in [0.2, 0.25) is 0 Å². The van der Waals surface area contributed by atoms with Crippen LogP contribution in [0.25, 0.3) is 21.8 Å². The highest BCUT2D eigenvalue weighted by atomic mass is 79.9. The van der Waals surface area contributed by atoms with Crippen LogP contribution in [0.4, 0.5) is 0 Å². The predicted molar refractivity (Wildman–Crippen MR) is 118 cm³/mol. The van der Waals surface area contributed by atoms with Crippen LogP contribution >= 0.6 is 31.9 Å². The summed E-state index contributed by atoms with van der Waals surface area (Å²) < 4.78 is 0. The number of alkyl halides is 2. The Kier molecular flexibility index (Phi) is 7.00. The van der Waals surface area contributed by atoms with Gasteiger partial charge in [-0.3, -0.25) is 0 Å². The lowest BCUT2D eigenvalue weighted by atomic mass is 10.0. The number of hydrogen-bond acceptors (Lipinski definition) is 0. The average molecular weight is 465 g/mol. The minimum Gasteiger partial charge on any atom is -0.354 e. The van der Waals surface area contributed by atoms with Gasteiger partial charge in [0.05, 0.1) is 0 Å². The van der Waals surface area contributed by atoms with Crippen LogP contribution in [0.15, 0.2) is 42.5 Å². The summed E-state index contributed by atoms with van der Waals surface area (Å²) in [7, 11) is 0. The molecule has 3 aromatic rings. The maximum Gasteiger partial charge on any atom is 0.0497 e. The molecule has 0 bridgehead atoms. The SMILES string of the molecule is CCCCC(Br)CCC(Br)CCc1cccc2c1[nH]c1ccccc12. The fraction of sp³-hybridized carbons (Fsp3) is 0.455. The molecule has 0 aliphatic carbocycles. The summed E-state index contributed by atoms with van der Waals surface area (Å²) in [5, 5.41) is 2.67. The van der Waals surface area contributed by atoms with Crippen molar-refractivity contribution in [3.8, 4) is 0 Å². The van der Waals surface area contributed by atoms with E-state index in [1.54, 1.807) is 0 Å². The highest BCUT2D eigenvalue weighted by molar-refractivity contribution is 9.09. The van der Waals surface area contributed by atoms with Gasteiger partial charge in [0, 0.05) is 31.5 Å². The van der Waals surface area contributed by atoms with E-state index in [9.17, 15) is 0 Å². The molecule has 0 amide bonds.